The van der Waals surface area contributed by atoms with E-state index in [1.807, 2.05) is 19.3 Å². The third kappa shape index (κ3) is 3.16. The van der Waals surface area contributed by atoms with Gasteiger partial charge in [-0.2, -0.15) is 0 Å². The van der Waals surface area contributed by atoms with E-state index in [4.69, 9.17) is 4.74 Å². The molecule has 2 rings (SSSR count). The average Bonchev–Trinajstić information content (AvgIpc) is 2.73. The second kappa shape index (κ2) is 5.77. The van der Waals surface area contributed by atoms with E-state index in [1.54, 1.807) is 16.4 Å². The fraction of sp³-hybridized carbons (Fsp3) is 0.250. The number of benzene rings is 1. The highest BCUT2D eigenvalue weighted by Crippen LogP contribution is 2.25. The molecule has 0 unspecified atom stereocenters. The molecular formula is C12H13IN2OS. The zero-order chi connectivity index (χ0) is 12.3. The van der Waals surface area contributed by atoms with E-state index >= 15 is 0 Å². The fourth-order valence-electron chi connectivity index (χ4n) is 1.49. The van der Waals surface area contributed by atoms with Crippen LogP contribution >= 0.6 is 34.4 Å². The van der Waals surface area contributed by atoms with Gasteiger partial charge in [0.05, 0.1) is 0 Å². The topological polar surface area (TPSA) is 27.1 Å². The van der Waals surface area contributed by atoms with Crippen LogP contribution in [0.1, 0.15) is 5.56 Å². The second-order valence-corrected chi connectivity index (χ2v) is 5.55. The zero-order valence-electron chi connectivity index (χ0n) is 9.68. The minimum atomic E-state index is 0.562. The molecule has 0 saturated heterocycles. The maximum absolute atomic E-state index is 5.69. The molecule has 3 nitrogen and oxygen atoms in total. The summed E-state index contributed by atoms with van der Waals surface area (Å²) in [5.41, 5.74) is 1.23. The fourth-order valence-corrected chi connectivity index (χ4v) is 2.95. The normalized spacial score (nSPS) is 10.5. The van der Waals surface area contributed by atoms with Crippen molar-refractivity contribution in [3.8, 4) is 5.88 Å². The quantitative estimate of drug-likeness (QED) is 0.618. The zero-order valence-corrected chi connectivity index (χ0v) is 12.7. The lowest BCUT2D eigenvalue weighted by Gasteiger charge is -2.09. The number of aryl methyl sites for hydroxylation is 1. The minimum Gasteiger partial charge on any atom is -0.472 e. The van der Waals surface area contributed by atoms with Crippen LogP contribution in [0.2, 0.25) is 0 Å². The van der Waals surface area contributed by atoms with Crippen molar-refractivity contribution >= 4 is 34.4 Å². The number of aromatic nitrogens is 2. The van der Waals surface area contributed by atoms with Crippen molar-refractivity contribution in [2.24, 2.45) is 7.05 Å². The second-order valence-electron chi connectivity index (χ2n) is 3.54. The smallest absolute Gasteiger partial charge is 0.233 e. The van der Waals surface area contributed by atoms with Gasteiger partial charge in [0.2, 0.25) is 5.88 Å². The molecule has 1 aromatic carbocycles. The molecule has 0 aliphatic rings. The van der Waals surface area contributed by atoms with Gasteiger partial charge in [0.1, 0.15) is 6.61 Å². The first kappa shape index (κ1) is 12.8. The number of halogens is 1. The predicted molar refractivity (Wildman–Crippen MR) is 78.5 cm³/mol. The van der Waals surface area contributed by atoms with Crippen LogP contribution in [0.3, 0.4) is 0 Å². The Morgan fingerprint density at radius 2 is 2.24 bits per heavy atom. The van der Waals surface area contributed by atoms with Crippen molar-refractivity contribution in [2.45, 2.75) is 11.5 Å². The van der Waals surface area contributed by atoms with E-state index in [0.717, 1.165) is 0 Å². The summed E-state index contributed by atoms with van der Waals surface area (Å²) in [6, 6.07) is 8.15. The van der Waals surface area contributed by atoms with Crippen molar-refractivity contribution in [3.05, 3.63) is 39.6 Å². The Bertz CT molecular complexity index is 513. The Morgan fingerprint density at radius 1 is 1.41 bits per heavy atom. The first-order valence-electron chi connectivity index (χ1n) is 5.14. The van der Waals surface area contributed by atoms with Gasteiger partial charge in [-0.1, -0.05) is 6.07 Å². The molecule has 2 aromatic rings. The maximum atomic E-state index is 5.69. The van der Waals surface area contributed by atoms with Crippen molar-refractivity contribution < 1.29 is 4.74 Å². The van der Waals surface area contributed by atoms with E-state index in [1.165, 1.54) is 14.0 Å². The Kier molecular flexibility index (Phi) is 4.33. The number of thioether (sulfide) groups is 1. The van der Waals surface area contributed by atoms with Gasteiger partial charge in [-0.25, -0.2) is 0 Å². The van der Waals surface area contributed by atoms with Crippen molar-refractivity contribution in [1.29, 1.82) is 0 Å². The highest BCUT2D eigenvalue weighted by molar-refractivity contribution is 14.1. The molecule has 1 heterocycles. The molecule has 5 heteroatoms. The van der Waals surface area contributed by atoms with Crippen LogP contribution in [0.4, 0.5) is 0 Å². The SMILES string of the molecule is CSc1cccc(I)c1COc1ccn(C)n1. The van der Waals surface area contributed by atoms with E-state index in [2.05, 4.69) is 52.1 Å². The van der Waals surface area contributed by atoms with Crippen LogP contribution in [0.15, 0.2) is 35.4 Å². The van der Waals surface area contributed by atoms with Crippen LogP contribution in [0.5, 0.6) is 5.88 Å². The molecule has 0 radical (unpaired) electrons. The third-order valence-corrected chi connectivity index (χ3v) is 4.18. The van der Waals surface area contributed by atoms with Crippen LogP contribution in [0, 0.1) is 3.57 Å². The summed E-state index contributed by atoms with van der Waals surface area (Å²) < 4.78 is 8.65. The number of hydrogen-bond acceptors (Lipinski definition) is 3. The number of hydrogen-bond donors (Lipinski definition) is 0. The summed E-state index contributed by atoms with van der Waals surface area (Å²) in [4.78, 5) is 1.26. The predicted octanol–water partition coefficient (Wildman–Crippen LogP) is 3.33. The van der Waals surface area contributed by atoms with Crippen LogP contribution < -0.4 is 4.74 Å². The van der Waals surface area contributed by atoms with Crippen molar-refractivity contribution in [1.82, 2.24) is 9.78 Å². The summed E-state index contributed by atoms with van der Waals surface area (Å²) >= 11 is 4.08. The Labute approximate surface area is 119 Å². The molecule has 17 heavy (non-hydrogen) atoms. The summed E-state index contributed by atoms with van der Waals surface area (Å²) in [7, 11) is 1.88. The molecule has 0 aliphatic heterocycles. The van der Waals surface area contributed by atoms with E-state index < -0.39 is 0 Å². The molecule has 0 spiro atoms. The first-order valence-corrected chi connectivity index (χ1v) is 7.45. The molecule has 90 valence electrons. The summed E-state index contributed by atoms with van der Waals surface area (Å²) in [5.74, 6) is 0.666. The van der Waals surface area contributed by atoms with Gasteiger partial charge in [0.25, 0.3) is 0 Å². The lowest BCUT2D eigenvalue weighted by atomic mass is 10.2. The molecule has 0 amide bonds. The molecule has 0 atom stereocenters. The molecule has 0 bridgehead atoms. The van der Waals surface area contributed by atoms with Gasteiger partial charge in [-0.05, 0) is 41.0 Å². The van der Waals surface area contributed by atoms with E-state index in [-0.39, 0.29) is 0 Å². The van der Waals surface area contributed by atoms with Gasteiger partial charge in [0, 0.05) is 33.3 Å². The number of rotatable bonds is 4. The molecule has 0 fully saturated rings. The van der Waals surface area contributed by atoms with E-state index in [9.17, 15) is 0 Å². The van der Waals surface area contributed by atoms with Crippen molar-refractivity contribution in [2.75, 3.05) is 6.26 Å². The highest BCUT2D eigenvalue weighted by atomic mass is 127. The van der Waals surface area contributed by atoms with Gasteiger partial charge in [-0.3, -0.25) is 4.68 Å². The minimum absolute atomic E-state index is 0.562. The number of ether oxygens (including phenoxy) is 1. The van der Waals surface area contributed by atoms with Crippen LogP contribution in [0.25, 0.3) is 0 Å². The first-order chi connectivity index (χ1) is 8.20. The van der Waals surface area contributed by atoms with Crippen LogP contribution in [-0.4, -0.2) is 16.0 Å². The molecular weight excluding hydrogens is 347 g/mol. The monoisotopic (exact) mass is 360 g/mol. The highest BCUT2D eigenvalue weighted by Gasteiger charge is 2.07. The van der Waals surface area contributed by atoms with Gasteiger partial charge >= 0.3 is 0 Å². The summed E-state index contributed by atoms with van der Waals surface area (Å²) in [6.07, 6.45) is 3.95. The Hall–Kier alpha value is -0.690. The van der Waals surface area contributed by atoms with Gasteiger partial charge < -0.3 is 4.74 Å². The Morgan fingerprint density at radius 3 is 2.88 bits per heavy atom. The van der Waals surface area contributed by atoms with Crippen LogP contribution in [-0.2, 0) is 13.7 Å². The summed E-state index contributed by atoms with van der Waals surface area (Å²) in [5, 5.41) is 4.20. The third-order valence-electron chi connectivity index (χ3n) is 2.35. The molecule has 0 N–H and O–H groups in total. The average molecular weight is 360 g/mol. The Balaban J connectivity index is 2.13. The molecule has 1 aromatic heterocycles. The maximum Gasteiger partial charge on any atom is 0.233 e. The lowest BCUT2D eigenvalue weighted by molar-refractivity contribution is 0.287. The molecule has 0 saturated carbocycles. The number of nitrogens with zero attached hydrogens (tertiary/aromatic N) is 2. The standard InChI is InChI=1S/C12H13IN2OS/c1-15-7-6-12(14-15)16-8-9-10(13)4-3-5-11(9)17-2/h3-7H,8H2,1-2H3. The van der Waals surface area contributed by atoms with E-state index in [0.29, 0.717) is 12.5 Å². The molecule has 0 aliphatic carbocycles. The van der Waals surface area contributed by atoms with Crippen molar-refractivity contribution in [3.63, 3.8) is 0 Å². The summed E-state index contributed by atoms with van der Waals surface area (Å²) in [6.45, 7) is 0.562. The largest absolute Gasteiger partial charge is 0.472 e. The van der Waals surface area contributed by atoms with Gasteiger partial charge in [0.15, 0.2) is 0 Å². The van der Waals surface area contributed by atoms with Gasteiger partial charge in [-0.15, -0.1) is 16.9 Å². The lowest BCUT2D eigenvalue weighted by Crippen LogP contribution is -2.01.